The predicted octanol–water partition coefficient (Wildman–Crippen LogP) is 5.62. The van der Waals surface area contributed by atoms with E-state index < -0.39 is 23.9 Å². The monoisotopic (exact) mass is 546 g/mol. The molecule has 2 aliphatic rings. The molecule has 0 saturated heterocycles. The van der Waals surface area contributed by atoms with Gasteiger partial charge in [-0.15, -0.1) is 0 Å². The number of hydrogen-bond acceptors (Lipinski definition) is 6. The third kappa shape index (κ3) is 5.86. The predicted molar refractivity (Wildman–Crippen MR) is 149 cm³/mol. The standard InChI is InChI=1S/C32H34O8/c1-31(2,3)23-15-17(7-11-25(33)34)13-21-19(29(37)39-27(21)23)9-10-20-22-14-18(8-12-26(35)36)16-24(32(4,5)6)28(22)40-30(20)38/h9-10,13-16H,7-8,11-12H2,1-6H3,(H,33,34)(H,35,36)/b19-9+,20-10+. The van der Waals surface area contributed by atoms with Gasteiger partial charge in [-0.3, -0.25) is 9.59 Å². The van der Waals surface area contributed by atoms with Crippen molar-refractivity contribution in [1.82, 2.24) is 0 Å². The van der Waals surface area contributed by atoms with Crippen molar-refractivity contribution in [3.05, 3.63) is 69.8 Å². The summed E-state index contributed by atoms with van der Waals surface area (Å²) in [6, 6.07) is 7.30. The molecule has 0 unspecified atom stereocenters. The summed E-state index contributed by atoms with van der Waals surface area (Å²) in [5.41, 5.74) is 3.98. The van der Waals surface area contributed by atoms with E-state index >= 15 is 0 Å². The largest absolute Gasteiger partial charge is 0.481 e. The third-order valence-corrected chi connectivity index (χ3v) is 6.99. The van der Waals surface area contributed by atoms with E-state index in [1.165, 1.54) is 12.2 Å². The highest BCUT2D eigenvalue weighted by molar-refractivity contribution is 6.25. The Labute approximate surface area is 233 Å². The number of carbonyl (C=O) groups is 4. The summed E-state index contributed by atoms with van der Waals surface area (Å²) in [6.45, 7) is 11.9. The molecule has 40 heavy (non-hydrogen) atoms. The molecule has 210 valence electrons. The molecule has 4 rings (SSSR count). The highest BCUT2D eigenvalue weighted by Crippen LogP contribution is 2.45. The van der Waals surface area contributed by atoms with Crippen molar-refractivity contribution >= 4 is 35.0 Å². The third-order valence-electron chi connectivity index (χ3n) is 6.99. The van der Waals surface area contributed by atoms with Gasteiger partial charge in [0.2, 0.25) is 0 Å². The molecule has 0 aromatic heterocycles. The Bertz CT molecular complexity index is 1380. The molecule has 2 N–H and O–H groups in total. The Morgan fingerprint density at radius 2 is 1.02 bits per heavy atom. The zero-order valence-electron chi connectivity index (χ0n) is 23.6. The van der Waals surface area contributed by atoms with Gasteiger partial charge < -0.3 is 19.7 Å². The molecular formula is C32H34O8. The fraction of sp³-hybridized carbons (Fsp3) is 0.375. The van der Waals surface area contributed by atoms with Crippen LogP contribution in [0, 0.1) is 0 Å². The van der Waals surface area contributed by atoms with E-state index in [-0.39, 0.29) is 34.8 Å². The van der Waals surface area contributed by atoms with Crippen LogP contribution in [0.1, 0.15) is 87.8 Å². The van der Waals surface area contributed by atoms with Gasteiger partial charge in [-0.05, 0) is 59.1 Å². The second-order valence-electron chi connectivity index (χ2n) is 12.3. The molecule has 0 radical (unpaired) electrons. The summed E-state index contributed by atoms with van der Waals surface area (Å²) in [6.07, 6.45) is 3.56. The molecule has 2 aromatic rings. The van der Waals surface area contributed by atoms with Crippen LogP contribution in [-0.4, -0.2) is 34.1 Å². The number of fused-ring (bicyclic) bond motifs is 2. The number of carboxylic acids is 2. The lowest BCUT2D eigenvalue weighted by atomic mass is 9.82. The number of carbonyl (C=O) groups excluding carboxylic acids is 2. The van der Waals surface area contributed by atoms with Gasteiger partial charge in [0.25, 0.3) is 0 Å². The van der Waals surface area contributed by atoms with E-state index in [4.69, 9.17) is 9.47 Å². The average Bonchev–Trinajstić information content (AvgIpc) is 3.32. The Kier molecular flexibility index (Phi) is 7.49. The molecule has 0 spiro atoms. The molecule has 0 aliphatic carbocycles. The van der Waals surface area contributed by atoms with Crippen molar-refractivity contribution in [2.45, 2.75) is 78.1 Å². The number of benzene rings is 2. The number of esters is 2. The van der Waals surface area contributed by atoms with Gasteiger partial charge in [0.05, 0.1) is 11.1 Å². The van der Waals surface area contributed by atoms with Crippen molar-refractivity contribution < 1.29 is 38.9 Å². The summed E-state index contributed by atoms with van der Waals surface area (Å²) < 4.78 is 11.4. The first-order valence-corrected chi connectivity index (χ1v) is 13.2. The summed E-state index contributed by atoms with van der Waals surface area (Å²) in [5.74, 6) is -2.10. The highest BCUT2D eigenvalue weighted by atomic mass is 16.5. The zero-order chi connectivity index (χ0) is 29.6. The topological polar surface area (TPSA) is 127 Å². The number of rotatable bonds is 7. The Morgan fingerprint density at radius 3 is 1.32 bits per heavy atom. The lowest BCUT2D eigenvalue weighted by Crippen LogP contribution is -2.14. The van der Waals surface area contributed by atoms with Crippen LogP contribution in [0.4, 0.5) is 0 Å². The number of aliphatic carboxylic acids is 2. The van der Waals surface area contributed by atoms with Crippen LogP contribution in [-0.2, 0) is 42.8 Å². The summed E-state index contributed by atoms with van der Waals surface area (Å²) in [5, 5.41) is 18.4. The first-order valence-electron chi connectivity index (χ1n) is 13.2. The molecule has 0 fully saturated rings. The van der Waals surface area contributed by atoms with E-state index in [1.54, 1.807) is 12.1 Å². The van der Waals surface area contributed by atoms with Gasteiger partial charge in [0.15, 0.2) is 0 Å². The Morgan fingerprint density at radius 1 is 0.675 bits per heavy atom. The lowest BCUT2D eigenvalue weighted by molar-refractivity contribution is -0.138. The maximum absolute atomic E-state index is 13.0. The number of aryl methyl sites for hydroxylation is 2. The van der Waals surface area contributed by atoms with Crippen LogP contribution >= 0.6 is 0 Å². The molecule has 0 amide bonds. The fourth-order valence-corrected chi connectivity index (χ4v) is 4.90. The van der Waals surface area contributed by atoms with E-state index in [0.29, 0.717) is 35.5 Å². The van der Waals surface area contributed by atoms with Crippen molar-refractivity contribution in [3.8, 4) is 11.5 Å². The molecular weight excluding hydrogens is 512 g/mol. The minimum absolute atomic E-state index is 0.0524. The highest BCUT2D eigenvalue weighted by Gasteiger charge is 2.35. The fourth-order valence-electron chi connectivity index (χ4n) is 4.90. The zero-order valence-corrected chi connectivity index (χ0v) is 23.6. The van der Waals surface area contributed by atoms with E-state index in [0.717, 1.165) is 22.3 Å². The number of carboxylic acid groups (broad SMARTS) is 2. The Hall–Kier alpha value is -4.20. The molecule has 8 heteroatoms. The summed E-state index contributed by atoms with van der Waals surface area (Å²) in [7, 11) is 0. The van der Waals surface area contributed by atoms with Gasteiger partial charge in [0.1, 0.15) is 11.5 Å². The molecule has 2 aromatic carbocycles. The van der Waals surface area contributed by atoms with Crippen molar-refractivity contribution in [3.63, 3.8) is 0 Å². The van der Waals surface area contributed by atoms with Crippen LogP contribution in [0.2, 0.25) is 0 Å². The van der Waals surface area contributed by atoms with Gasteiger partial charge >= 0.3 is 23.9 Å². The lowest BCUT2D eigenvalue weighted by Gasteiger charge is -2.22. The van der Waals surface area contributed by atoms with Crippen LogP contribution in [0.25, 0.3) is 11.1 Å². The average molecular weight is 547 g/mol. The van der Waals surface area contributed by atoms with Crippen molar-refractivity contribution in [2.24, 2.45) is 0 Å². The van der Waals surface area contributed by atoms with Gasteiger partial charge in [-0.25, -0.2) is 9.59 Å². The quantitative estimate of drug-likeness (QED) is 0.260. The van der Waals surface area contributed by atoms with E-state index in [2.05, 4.69) is 0 Å². The maximum Gasteiger partial charge on any atom is 0.344 e. The van der Waals surface area contributed by atoms with Crippen LogP contribution in [0.3, 0.4) is 0 Å². The van der Waals surface area contributed by atoms with Gasteiger partial charge in [-0.1, -0.05) is 53.7 Å². The Balaban J connectivity index is 1.84. The minimum atomic E-state index is -0.915. The first-order chi connectivity index (χ1) is 18.6. The van der Waals surface area contributed by atoms with Crippen molar-refractivity contribution in [1.29, 1.82) is 0 Å². The van der Waals surface area contributed by atoms with Gasteiger partial charge in [0, 0.05) is 35.1 Å². The molecule has 8 nitrogen and oxygen atoms in total. The van der Waals surface area contributed by atoms with Crippen LogP contribution < -0.4 is 9.47 Å². The number of hydrogen-bond donors (Lipinski definition) is 2. The van der Waals surface area contributed by atoms with Crippen LogP contribution in [0.5, 0.6) is 11.5 Å². The smallest absolute Gasteiger partial charge is 0.344 e. The SMILES string of the molecule is CC(C)(C)c1cc(CCC(=O)O)cc2c1OC(=O)/C2=C/C=C1/C(=O)Oc2c1cc(CCC(=O)O)cc2C(C)(C)C. The molecule has 0 bridgehead atoms. The molecule has 2 heterocycles. The number of ether oxygens (including phenoxy) is 2. The minimum Gasteiger partial charge on any atom is -0.481 e. The normalized spacial score (nSPS) is 16.6. The molecule has 2 aliphatic heterocycles. The molecule has 0 saturated carbocycles. The second kappa shape index (κ2) is 10.4. The maximum atomic E-state index is 13.0. The van der Waals surface area contributed by atoms with E-state index in [9.17, 15) is 29.4 Å². The van der Waals surface area contributed by atoms with E-state index in [1.807, 2.05) is 53.7 Å². The summed E-state index contributed by atoms with van der Waals surface area (Å²) in [4.78, 5) is 48.4. The second-order valence-corrected chi connectivity index (χ2v) is 12.3. The van der Waals surface area contributed by atoms with Crippen LogP contribution in [0.15, 0.2) is 36.4 Å². The summed E-state index contributed by atoms with van der Waals surface area (Å²) >= 11 is 0. The number of allylic oxidation sites excluding steroid dienone is 2. The molecule has 0 atom stereocenters. The first kappa shape index (κ1) is 28.8. The van der Waals surface area contributed by atoms with Gasteiger partial charge in [-0.2, -0.15) is 0 Å². The van der Waals surface area contributed by atoms with Crippen molar-refractivity contribution in [2.75, 3.05) is 0 Å².